The number of ether oxygens (including phenoxy) is 1. The minimum atomic E-state index is -0.729. The monoisotopic (exact) mass is 301 g/mol. The topological polar surface area (TPSA) is 83.9 Å². The first-order valence-electron chi connectivity index (χ1n) is 6.78. The van der Waals surface area contributed by atoms with E-state index in [9.17, 15) is 19.5 Å². The Kier molecular flexibility index (Phi) is 4.59. The van der Waals surface area contributed by atoms with Gasteiger partial charge in [-0.2, -0.15) is 0 Å². The number of aliphatic hydroxyl groups excluding tert-OH is 1. The Hall–Kier alpha value is -2.65. The number of terminal acetylenes is 1. The summed E-state index contributed by atoms with van der Waals surface area (Å²) in [5.41, 5.74) is 0.488. The maximum absolute atomic E-state index is 12.1. The second-order valence-electron chi connectivity index (χ2n) is 4.82. The maximum Gasteiger partial charge on any atom is 0.338 e. The van der Waals surface area contributed by atoms with Crippen molar-refractivity contribution in [2.24, 2.45) is 0 Å². The molecule has 6 heteroatoms. The molecule has 1 aromatic carbocycles. The van der Waals surface area contributed by atoms with Crippen LogP contribution in [0.1, 0.15) is 44.4 Å². The van der Waals surface area contributed by atoms with Gasteiger partial charge in [0.25, 0.3) is 11.8 Å². The fourth-order valence-corrected chi connectivity index (χ4v) is 2.03. The van der Waals surface area contributed by atoms with Crippen molar-refractivity contribution in [2.75, 3.05) is 13.2 Å². The minimum Gasteiger partial charge on any atom is -0.459 e. The van der Waals surface area contributed by atoms with Crippen LogP contribution in [0.25, 0.3) is 0 Å². The molecule has 2 rings (SSSR count). The zero-order chi connectivity index (χ0) is 16.3. The normalized spacial score (nSPS) is 14.5. The van der Waals surface area contributed by atoms with Gasteiger partial charge in [-0.15, -0.1) is 6.42 Å². The summed E-state index contributed by atoms with van der Waals surface area (Å²) in [6, 6.07) is 4.12. The SMILES string of the molecule is C#CCN1C(=O)c2ccc(C(=O)OCC(O)CC)cc2C1=O. The van der Waals surface area contributed by atoms with E-state index in [0.717, 1.165) is 4.90 Å². The van der Waals surface area contributed by atoms with Gasteiger partial charge in [0, 0.05) is 0 Å². The van der Waals surface area contributed by atoms with E-state index in [2.05, 4.69) is 5.92 Å². The molecule has 0 saturated heterocycles. The highest BCUT2D eigenvalue weighted by atomic mass is 16.5. The number of amides is 2. The number of rotatable bonds is 5. The highest BCUT2D eigenvalue weighted by Crippen LogP contribution is 2.24. The van der Waals surface area contributed by atoms with Gasteiger partial charge in [-0.3, -0.25) is 14.5 Å². The average molecular weight is 301 g/mol. The smallest absolute Gasteiger partial charge is 0.338 e. The van der Waals surface area contributed by atoms with Crippen LogP contribution in [0, 0.1) is 12.3 Å². The molecule has 0 saturated carbocycles. The van der Waals surface area contributed by atoms with Gasteiger partial charge in [0.05, 0.1) is 29.3 Å². The number of hydrogen-bond donors (Lipinski definition) is 1. The fraction of sp³-hybridized carbons (Fsp3) is 0.312. The average Bonchev–Trinajstić information content (AvgIpc) is 2.77. The summed E-state index contributed by atoms with van der Waals surface area (Å²) < 4.78 is 4.95. The molecule has 6 nitrogen and oxygen atoms in total. The molecule has 2 amide bonds. The van der Waals surface area contributed by atoms with E-state index in [4.69, 9.17) is 11.2 Å². The number of imide groups is 1. The highest BCUT2D eigenvalue weighted by molar-refractivity contribution is 6.22. The maximum atomic E-state index is 12.1. The van der Waals surface area contributed by atoms with Crippen LogP contribution < -0.4 is 0 Å². The predicted molar refractivity (Wildman–Crippen MR) is 77.2 cm³/mol. The Bertz CT molecular complexity index is 674. The molecule has 1 unspecified atom stereocenters. The zero-order valence-electron chi connectivity index (χ0n) is 12.0. The predicted octanol–water partition coefficient (Wildman–Crippen LogP) is 0.844. The van der Waals surface area contributed by atoms with E-state index in [1.54, 1.807) is 6.92 Å². The van der Waals surface area contributed by atoms with Crippen LogP contribution in [0.3, 0.4) is 0 Å². The van der Waals surface area contributed by atoms with Crippen molar-refractivity contribution >= 4 is 17.8 Å². The van der Waals surface area contributed by atoms with Crippen LogP contribution in [-0.4, -0.2) is 47.0 Å². The molecule has 0 bridgehead atoms. The Morgan fingerprint density at radius 1 is 1.36 bits per heavy atom. The van der Waals surface area contributed by atoms with E-state index in [-0.39, 0.29) is 29.8 Å². The van der Waals surface area contributed by atoms with Gasteiger partial charge in [0.1, 0.15) is 6.61 Å². The van der Waals surface area contributed by atoms with Crippen molar-refractivity contribution in [3.8, 4) is 12.3 Å². The summed E-state index contributed by atoms with van der Waals surface area (Å²) in [6.07, 6.45) is 4.87. The van der Waals surface area contributed by atoms with Gasteiger partial charge in [-0.05, 0) is 24.6 Å². The van der Waals surface area contributed by atoms with Gasteiger partial charge < -0.3 is 9.84 Å². The standard InChI is InChI=1S/C16H15NO5/c1-3-7-17-14(19)12-6-5-10(8-13(12)15(17)20)16(21)22-9-11(18)4-2/h1,5-6,8,11,18H,4,7,9H2,2H3. The summed E-state index contributed by atoms with van der Waals surface area (Å²) in [5, 5.41) is 9.38. The quantitative estimate of drug-likeness (QED) is 0.495. The third kappa shape index (κ3) is 2.85. The molecule has 0 fully saturated rings. The molecule has 114 valence electrons. The van der Waals surface area contributed by atoms with E-state index in [1.165, 1.54) is 18.2 Å². The number of esters is 1. The molecule has 0 spiro atoms. The third-order valence-electron chi connectivity index (χ3n) is 3.33. The molecular weight excluding hydrogens is 286 g/mol. The van der Waals surface area contributed by atoms with Crippen LogP contribution >= 0.6 is 0 Å². The number of carbonyl (C=O) groups is 3. The lowest BCUT2D eigenvalue weighted by molar-refractivity contribution is 0.0250. The molecule has 1 aliphatic heterocycles. The van der Waals surface area contributed by atoms with E-state index in [1.807, 2.05) is 0 Å². The zero-order valence-corrected chi connectivity index (χ0v) is 12.0. The first kappa shape index (κ1) is 15.7. The molecular formula is C16H15NO5. The van der Waals surface area contributed by atoms with Crippen LogP contribution in [0.4, 0.5) is 0 Å². The van der Waals surface area contributed by atoms with Gasteiger partial charge in [0.2, 0.25) is 0 Å². The molecule has 0 aliphatic carbocycles. The molecule has 1 aromatic rings. The van der Waals surface area contributed by atoms with Crippen molar-refractivity contribution < 1.29 is 24.2 Å². The van der Waals surface area contributed by atoms with Crippen molar-refractivity contribution in [1.82, 2.24) is 4.90 Å². The number of aliphatic hydroxyl groups is 1. The Labute approximate surface area is 127 Å². The lowest BCUT2D eigenvalue weighted by Crippen LogP contribution is -2.29. The number of carbonyl (C=O) groups excluding carboxylic acids is 3. The first-order valence-corrected chi connectivity index (χ1v) is 6.78. The highest BCUT2D eigenvalue weighted by Gasteiger charge is 2.35. The molecule has 1 heterocycles. The minimum absolute atomic E-state index is 0.116. The second-order valence-corrected chi connectivity index (χ2v) is 4.82. The van der Waals surface area contributed by atoms with Gasteiger partial charge >= 0.3 is 5.97 Å². The molecule has 1 aliphatic rings. The van der Waals surface area contributed by atoms with Gasteiger partial charge in [0.15, 0.2) is 0 Å². The lowest BCUT2D eigenvalue weighted by atomic mass is 10.1. The van der Waals surface area contributed by atoms with Crippen molar-refractivity contribution in [3.63, 3.8) is 0 Å². The van der Waals surface area contributed by atoms with E-state index in [0.29, 0.717) is 6.42 Å². The lowest BCUT2D eigenvalue weighted by Gasteiger charge is -2.09. The summed E-state index contributed by atoms with van der Waals surface area (Å²) in [6.45, 7) is 1.52. The Balaban J connectivity index is 2.20. The van der Waals surface area contributed by atoms with Crippen molar-refractivity contribution in [2.45, 2.75) is 19.4 Å². The van der Waals surface area contributed by atoms with Crippen LogP contribution in [0.2, 0.25) is 0 Å². The molecule has 0 aromatic heterocycles. The Morgan fingerprint density at radius 3 is 2.68 bits per heavy atom. The first-order chi connectivity index (χ1) is 10.5. The largest absolute Gasteiger partial charge is 0.459 e. The van der Waals surface area contributed by atoms with Gasteiger partial charge in [-0.25, -0.2) is 4.79 Å². The number of nitrogens with zero attached hydrogens (tertiary/aromatic N) is 1. The summed E-state index contributed by atoms with van der Waals surface area (Å²) >= 11 is 0. The summed E-state index contributed by atoms with van der Waals surface area (Å²) in [5.74, 6) is 0.586. The van der Waals surface area contributed by atoms with E-state index >= 15 is 0 Å². The second kappa shape index (κ2) is 6.41. The van der Waals surface area contributed by atoms with Crippen molar-refractivity contribution in [3.05, 3.63) is 34.9 Å². The number of hydrogen-bond acceptors (Lipinski definition) is 5. The molecule has 1 N–H and O–H groups in total. The summed E-state index contributed by atoms with van der Waals surface area (Å²) in [4.78, 5) is 36.9. The number of benzene rings is 1. The molecule has 22 heavy (non-hydrogen) atoms. The van der Waals surface area contributed by atoms with Gasteiger partial charge in [-0.1, -0.05) is 12.8 Å². The van der Waals surface area contributed by atoms with Crippen LogP contribution in [0.15, 0.2) is 18.2 Å². The Morgan fingerprint density at radius 2 is 2.05 bits per heavy atom. The van der Waals surface area contributed by atoms with Crippen LogP contribution in [-0.2, 0) is 4.74 Å². The third-order valence-corrected chi connectivity index (χ3v) is 3.33. The number of fused-ring (bicyclic) bond motifs is 1. The molecule has 0 radical (unpaired) electrons. The van der Waals surface area contributed by atoms with Crippen LogP contribution in [0.5, 0.6) is 0 Å². The summed E-state index contributed by atoms with van der Waals surface area (Å²) in [7, 11) is 0. The molecule has 1 atom stereocenters. The van der Waals surface area contributed by atoms with E-state index < -0.39 is 23.9 Å². The fourth-order valence-electron chi connectivity index (χ4n) is 2.03. The van der Waals surface area contributed by atoms with Crippen molar-refractivity contribution in [1.29, 1.82) is 0 Å².